The van der Waals surface area contributed by atoms with Crippen molar-refractivity contribution < 1.29 is 28.3 Å². The summed E-state index contributed by atoms with van der Waals surface area (Å²) in [5.74, 6) is 0.0292. The number of likely N-dealkylation sites (tertiary alicyclic amines) is 1. The molecule has 3 heterocycles. The number of fused-ring (bicyclic) bond motifs is 1. The van der Waals surface area contributed by atoms with Gasteiger partial charge in [-0.3, -0.25) is 14.4 Å². The number of hydrogen-bond acceptors (Lipinski definition) is 6. The van der Waals surface area contributed by atoms with Crippen LogP contribution < -0.4 is 5.32 Å². The molecule has 0 bridgehead atoms. The van der Waals surface area contributed by atoms with Crippen molar-refractivity contribution in [3.8, 4) is 0 Å². The van der Waals surface area contributed by atoms with E-state index < -0.39 is 23.4 Å². The Kier molecular flexibility index (Phi) is 7.93. The highest BCUT2D eigenvalue weighted by molar-refractivity contribution is 5.92. The third-order valence-electron chi connectivity index (χ3n) is 7.67. The molecule has 2 amide bonds. The molecule has 2 fully saturated rings. The predicted octanol–water partition coefficient (Wildman–Crippen LogP) is 4.06. The van der Waals surface area contributed by atoms with Crippen molar-refractivity contribution in [1.82, 2.24) is 10.2 Å². The van der Waals surface area contributed by atoms with Crippen molar-refractivity contribution in [3.05, 3.63) is 35.9 Å². The van der Waals surface area contributed by atoms with E-state index in [4.69, 9.17) is 13.9 Å². The molecule has 1 saturated heterocycles. The summed E-state index contributed by atoms with van der Waals surface area (Å²) < 4.78 is 17.6. The lowest BCUT2D eigenvalue weighted by Gasteiger charge is -2.52. The third-order valence-corrected chi connectivity index (χ3v) is 7.67. The number of nitrogens with one attached hydrogen (secondary N) is 1. The Bertz CT molecular complexity index is 980. The van der Waals surface area contributed by atoms with Gasteiger partial charge in [-0.1, -0.05) is 27.7 Å². The molecule has 4 rings (SSSR count). The van der Waals surface area contributed by atoms with Gasteiger partial charge in [0.05, 0.1) is 32.1 Å². The van der Waals surface area contributed by atoms with Crippen molar-refractivity contribution in [2.75, 3.05) is 13.7 Å². The van der Waals surface area contributed by atoms with Crippen molar-refractivity contribution in [1.29, 1.82) is 0 Å². The maximum atomic E-state index is 13.9. The van der Waals surface area contributed by atoms with Gasteiger partial charge in [0, 0.05) is 24.6 Å². The molecule has 2 aliphatic heterocycles. The summed E-state index contributed by atoms with van der Waals surface area (Å²) in [5.41, 5.74) is -0.515. The molecule has 0 unspecified atom stereocenters. The van der Waals surface area contributed by atoms with Crippen LogP contribution in [-0.4, -0.2) is 48.5 Å². The zero-order valence-corrected chi connectivity index (χ0v) is 22.1. The largest absolute Gasteiger partial charge is 0.468 e. The molecular formula is C28H40N2O6. The smallest absolute Gasteiger partial charge is 0.320 e. The van der Waals surface area contributed by atoms with E-state index in [9.17, 15) is 14.4 Å². The van der Waals surface area contributed by atoms with Gasteiger partial charge >= 0.3 is 5.97 Å². The van der Waals surface area contributed by atoms with Gasteiger partial charge in [-0.15, -0.1) is 0 Å². The summed E-state index contributed by atoms with van der Waals surface area (Å²) in [6.07, 6.45) is 5.87. The summed E-state index contributed by atoms with van der Waals surface area (Å²) in [5, 5.41) is 2.95. The van der Waals surface area contributed by atoms with Crippen molar-refractivity contribution in [2.45, 2.75) is 78.6 Å². The minimum atomic E-state index is -1.15. The molecular weight excluding hydrogens is 460 g/mol. The van der Waals surface area contributed by atoms with Gasteiger partial charge < -0.3 is 24.1 Å². The van der Waals surface area contributed by atoms with Crippen LogP contribution in [0.15, 0.2) is 34.6 Å². The zero-order chi connectivity index (χ0) is 26.0. The van der Waals surface area contributed by atoms with Gasteiger partial charge in [-0.2, -0.15) is 0 Å². The predicted molar refractivity (Wildman–Crippen MR) is 133 cm³/mol. The summed E-state index contributed by atoms with van der Waals surface area (Å²) in [4.78, 5) is 42.1. The lowest BCUT2D eigenvalue weighted by atomic mass is 9.64. The number of methoxy groups -OCH3 is 1. The summed E-state index contributed by atoms with van der Waals surface area (Å²) >= 11 is 0. The van der Waals surface area contributed by atoms with E-state index in [0.717, 1.165) is 19.3 Å². The molecule has 4 atom stereocenters. The van der Waals surface area contributed by atoms with Crippen LogP contribution >= 0.6 is 0 Å². The van der Waals surface area contributed by atoms with E-state index in [1.165, 1.54) is 7.11 Å². The number of nitrogens with zero attached hydrogens (tertiary/aromatic N) is 1. The first-order chi connectivity index (χ1) is 17.2. The van der Waals surface area contributed by atoms with Crippen LogP contribution in [0.4, 0.5) is 0 Å². The molecule has 1 aromatic rings. The Morgan fingerprint density at radius 3 is 2.58 bits per heavy atom. The van der Waals surface area contributed by atoms with Gasteiger partial charge in [0.2, 0.25) is 11.8 Å². The number of esters is 1. The van der Waals surface area contributed by atoms with Crippen molar-refractivity contribution >= 4 is 17.8 Å². The summed E-state index contributed by atoms with van der Waals surface area (Å²) in [6, 6.07) is 3.59. The van der Waals surface area contributed by atoms with Crippen LogP contribution in [-0.2, 0) is 30.4 Å². The number of hydrogen-bond donors (Lipinski definition) is 1. The molecule has 0 spiro atoms. The highest BCUT2D eigenvalue weighted by atomic mass is 16.5. The van der Waals surface area contributed by atoms with Gasteiger partial charge in [-0.05, 0) is 61.6 Å². The number of ether oxygens (including phenoxy) is 2. The Hall–Kier alpha value is -2.61. The minimum Gasteiger partial charge on any atom is -0.468 e. The molecule has 0 radical (unpaired) electrons. The second kappa shape index (κ2) is 10.8. The van der Waals surface area contributed by atoms with E-state index >= 15 is 0 Å². The first kappa shape index (κ1) is 26.5. The van der Waals surface area contributed by atoms with Gasteiger partial charge in [0.25, 0.3) is 0 Å². The SMILES string of the molecule is COC(=O)[C@]12C[C@H](CC(=O)NCCC(C)C)C(=O)N(Cc3ccco3)C1=C[C@H](C(C)C)O[C@@H]2C1CC1. The number of rotatable bonds is 10. The lowest BCUT2D eigenvalue weighted by Crippen LogP contribution is -2.61. The quantitative estimate of drug-likeness (QED) is 0.487. The number of piperidine rings is 1. The van der Waals surface area contributed by atoms with Crippen LogP contribution in [0.1, 0.15) is 65.6 Å². The van der Waals surface area contributed by atoms with Crippen molar-refractivity contribution in [3.63, 3.8) is 0 Å². The van der Waals surface area contributed by atoms with E-state index in [-0.39, 0.29) is 49.1 Å². The third kappa shape index (κ3) is 5.24. The van der Waals surface area contributed by atoms with Gasteiger partial charge in [-0.25, -0.2) is 0 Å². The highest BCUT2D eigenvalue weighted by Crippen LogP contribution is 2.56. The molecule has 1 saturated carbocycles. The topological polar surface area (TPSA) is 98.1 Å². The maximum Gasteiger partial charge on any atom is 0.320 e. The Labute approximate surface area is 213 Å². The molecule has 8 heteroatoms. The Morgan fingerprint density at radius 1 is 1.25 bits per heavy atom. The van der Waals surface area contributed by atoms with Gasteiger partial charge in [0.15, 0.2) is 0 Å². The molecule has 8 nitrogen and oxygen atoms in total. The second-order valence-electron chi connectivity index (χ2n) is 11.3. The van der Waals surface area contributed by atoms with Crippen molar-refractivity contribution in [2.24, 2.45) is 29.1 Å². The molecule has 36 heavy (non-hydrogen) atoms. The molecule has 198 valence electrons. The van der Waals surface area contributed by atoms with Crippen LogP contribution in [0.2, 0.25) is 0 Å². The average molecular weight is 501 g/mol. The van der Waals surface area contributed by atoms with Gasteiger partial charge in [0.1, 0.15) is 11.2 Å². The number of carbonyl (C=O) groups is 3. The monoisotopic (exact) mass is 500 g/mol. The van der Waals surface area contributed by atoms with Crippen LogP contribution in [0, 0.1) is 29.1 Å². The fourth-order valence-corrected chi connectivity index (χ4v) is 5.57. The summed E-state index contributed by atoms with van der Waals surface area (Å²) in [6.45, 7) is 9.09. The molecule has 1 aliphatic carbocycles. The molecule has 0 aromatic carbocycles. The minimum absolute atomic E-state index is 0.0165. The molecule has 1 aromatic heterocycles. The normalized spacial score (nSPS) is 28.2. The fraction of sp³-hybridized carbons (Fsp3) is 0.679. The zero-order valence-electron chi connectivity index (χ0n) is 22.1. The van der Waals surface area contributed by atoms with E-state index in [1.807, 2.05) is 12.1 Å². The first-order valence-electron chi connectivity index (χ1n) is 13.2. The molecule has 3 aliphatic rings. The fourth-order valence-electron chi connectivity index (χ4n) is 5.57. The van der Waals surface area contributed by atoms with E-state index in [2.05, 4.69) is 33.0 Å². The number of furan rings is 1. The average Bonchev–Trinajstić information content (AvgIpc) is 3.55. The number of amides is 2. The first-order valence-corrected chi connectivity index (χ1v) is 13.2. The van der Waals surface area contributed by atoms with E-state index in [0.29, 0.717) is 23.9 Å². The Morgan fingerprint density at radius 2 is 2.00 bits per heavy atom. The maximum absolute atomic E-state index is 13.9. The van der Waals surface area contributed by atoms with Crippen LogP contribution in [0.25, 0.3) is 0 Å². The number of carbonyl (C=O) groups excluding carboxylic acids is 3. The standard InChI is InChI=1S/C28H40N2O6/c1-17(2)10-11-29-24(31)13-20-15-28(27(33)34-5)23(30(26(20)32)16-21-7-6-12-35-21)14-22(18(3)4)36-25(28)19-8-9-19/h6-7,12,14,17-20,22,25H,8-11,13,15-16H2,1-5H3,(H,29,31)/t20-,22+,25+,28+/m0/s1. The highest BCUT2D eigenvalue weighted by Gasteiger charge is 2.63. The van der Waals surface area contributed by atoms with E-state index in [1.54, 1.807) is 17.2 Å². The van der Waals surface area contributed by atoms with Crippen LogP contribution in [0.3, 0.4) is 0 Å². The second-order valence-corrected chi connectivity index (χ2v) is 11.3. The summed E-state index contributed by atoms with van der Waals surface area (Å²) in [7, 11) is 1.38. The lowest BCUT2D eigenvalue weighted by molar-refractivity contribution is -0.182. The Balaban J connectivity index is 1.74. The molecule has 1 N–H and O–H groups in total. The van der Waals surface area contributed by atoms with Crippen LogP contribution in [0.5, 0.6) is 0 Å².